The molecule has 1 aliphatic heterocycles. The summed E-state index contributed by atoms with van der Waals surface area (Å²) in [5, 5.41) is 0. The van der Waals surface area contributed by atoms with E-state index in [-0.39, 0.29) is 30.1 Å². The molecule has 2 atom stereocenters. The van der Waals surface area contributed by atoms with Gasteiger partial charge in [-0.05, 0) is 35.7 Å². The highest BCUT2D eigenvalue weighted by atomic mass is 19.4. The molecule has 5 nitrogen and oxygen atoms in total. The van der Waals surface area contributed by atoms with E-state index in [2.05, 4.69) is 0 Å². The van der Waals surface area contributed by atoms with E-state index < -0.39 is 36.2 Å². The summed E-state index contributed by atoms with van der Waals surface area (Å²) in [6.45, 7) is 0.180. The van der Waals surface area contributed by atoms with Gasteiger partial charge in [0.1, 0.15) is 12.4 Å². The molecule has 1 aromatic heterocycles. The molecule has 4 rings (SSSR count). The maximum atomic E-state index is 13.2. The van der Waals surface area contributed by atoms with Crippen molar-refractivity contribution in [1.29, 1.82) is 0 Å². The van der Waals surface area contributed by atoms with Gasteiger partial charge in [-0.2, -0.15) is 30.9 Å². The first-order valence-corrected chi connectivity index (χ1v) is 11.2. The van der Waals surface area contributed by atoms with Gasteiger partial charge in [0.2, 0.25) is 0 Å². The lowest BCUT2D eigenvalue weighted by Crippen LogP contribution is -2.47. The van der Waals surface area contributed by atoms with Crippen LogP contribution in [0.15, 0.2) is 67.3 Å². The Bertz CT molecular complexity index is 1170. The van der Waals surface area contributed by atoms with E-state index in [1.807, 2.05) is 30.3 Å². The Morgan fingerprint density at radius 3 is 2.22 bits per heavy atom. The van der Waals surface area contributed by atoms with Crippen molar-refractivity contribution in [1.82, 2.24) is 9.47 Å². The summed E-state index contributed by atoms with van der Waals surface area (Å²) in [5.41, 5.74) is -2.12. The van der Waals surface area contributed by atoms with Crippen LogP contribution in [-0.2, 0) is 30.7 Å². The zero-order valence-corrected chi connectivity index (χ0v) is 19.3. The Kier molecular flexibility index (Phi) is 7.12. The Hall–Kier alpha value is -3.34. The average molecular weight is 512 g/mol. The lowest BCUT2D eigenvalue weighted by Gasteiger charge is -2.37. The number of piperidine rings is 1. The van der Waals surface area contributed by atoms with Crippen LogP contribution in [0.25, 0.3) is 0 Å². The Morgan fingerprint density at radius 1 is 1.03 bits per heavy atom. The highest BCUT2D eigenvalue weighted by Crippen LogP contribution is 2.37. The molecular weight excluding hydrogens is 488 g/mol. The van der Waals surface area contributed by atoms with Gasteiger partial charge in [0.05, 0.1) is 30.9 Å². The fourth-order valence-corrected chi connectivity index (χ4v) is 4.36. The molecular formula is C25H24F6N3O2+. The zero-order chi connectivity index (χ0) is 26.1. The van der Waals surface area contributed by atoms with Gasteiger partial charge >= 0.3 is 18.4 Å². The van der Waals surface area contributed by atoms with Gasteiger partial charge in [-0.1, -0.05) is 30.3 Å². The molecule has 1 aliphatic rings. The largest absolute Gasteiger partial charge is 0.416 e. The minimum absolute atomic E-state index is 0.0988. The molecule has 3 aromatic rings. The number of aryl methyl sites for hydroxylation is 1. The first-order chi connectivity index (χ1) is 16.9. The maximum absolute atomic E-state index is 13.2. The van der Waals surface area contributed by atoms with Crippen LogP contribution in [0.2, 0.25) is 0 Å². The molecule has 2 unspecified atom stereocenters. The second-order valence-electron chi connectivity index (χ2n) is 8.78. The molecule has 1 saturated heterocycles. The van der Waals surface area contributed by atoms with Crippen molar-refractivity contribution in [3.63, 3.8) is 0 Å². The number of carbonyl (C=O) groups excluding carboxylic acids is 1. The summed E-state index contributed by atoms with van der Waals surface area (Å²) < 4.78 is 88.5. The number of rotatable bonds is 4. The monoisotopic (exact) mass is 512 g/mol. The Morgan fingerprint density at radius 2 is 1.67 bits per heavy atom. The molecule has 192 valence electrons. The number of ether oxygens (including phenoxy) is 1. The number of hydrogen-bond donors (Lipinski definition) is 0. The molecule has 0 saturated carbocycles. The van der Waals surface area contributed by atoms with E-state index in [4.69, 9.17) is 4.74 Å². The third-order valence-corrected chi connectivity index (χ3v) is 6.15. The van der Waals surface area contributed by atoms with E-state index >= 15 is 0 Å². The normalized spacial score (nSPS) is 18.9. The number of halogens is 6. The predicted octanol–water partition coefficient (Wildman–Crippen LogP) is 5.39. The topological polar surface area (TPSA) is 38.3 Å². The quantitative estimate of drug-likeness (QED) is 0.347. The second kappa shape index (κ2) is 9.96. The molecule has 0 aliphatic carbocycles. The number of imidazole rings is 1. The SMILES string of the molecule is C[n+]1ccn(C(=O)N2CCC(OCc3cc(C(F)(F)F)cc(C(F)(F)F)c3)C(c3ccccc3)C2)c1. The van der Waals surface area contributed by atoms with Gasteiger partial charge in [-0.25, -0.2) is 9.36 Å². The van der Waals surface area contributed by atoms with Crippen molar-refractivity contribution in [2.24, 2.45) is 7.05 Å². The van der Waals surface area contributed by atoms with E-state index in [0.717, 1.165) is 5.56 Å². The third-order valence-electron chi connectivity index (χ3n) is 6.15. The highest BCUT2D eigenvalue weighted by molar-refractivity contribution is 5.76. The number of likely N-dealkylation sites (tertiary alicyclic amines) is 1. The molecule has 1 amide bonds. The van der Waals surface area contributed by atoms with E-state index in [1.165, 1.54) is 4.57 Å². The smallest absolute Gasteiger partial charge is 0.373 e. The number of nitrogens with zero attached hydrogens (tertiary/aromatic N) is 3. The lowest BCUT2D eigenvalue weighted by molar-refractivity contribution is -0.670. The first-order valence-electron chi connectivity index (χ1n) is 11.2. The number of hydrogen-bond acceptors (Lipinski definition) is 2. The van der Waals surface area contributed by atoms with E-state index in [9.17, 15) is 31.1 Å². The van der Waals surface area contributed by atoms with Crippen LogP contribution in [0, 0.1) is 0 Å². The molecule has 36 heavy (non-hydrogen) atoms. The van der Waals surface area contributed by atoms with Crippen molar-refractivity contribution in [2.45, 2.75) is 37.4 Å². The standard InChI is InChI=1S/C25H24F6N3O2/c1-32-9-10-34(16-32)23(35)33-8-7-22(21(14-33)18-5-3-2-4-6-18)36-15-17-11-19(24(26,27)28)13-20(12-17)25(29,30)31/h2-6,9-13,16,21-22H,7-8,14-15H2,1H3/q+1. The first kappa shape index (κ1) is 25.7. The molecule has 11 heteroatoms. The average Bonchev–Trinajstić information content (AvgIpc) is 3.27. The molecule has 2 aromatic carbocycles. The van der Waals surface area contributed by atoms with Crippen LogP contribution >= 0.6 is 0 Å². The lowest BCUT2D eigenvalue weighted by atomic mass is 9.88. The van der Waals surface area contributed by atoms with Gasteiger partial charge in [-0.3, -0.25) is 0 Å². The Labute approximate surface area is 203 Å². The summed E-state index contributed by atoms with van der Waals surface area (Å²) in [6, 6.07) is 10.4. The van der Waals surface area contributed by atoms with Crippen molar-refractivity contribution in [3.05, 3.63) is 89.5 Å². The maximum Gasteiger partial charge on any atom is 0.416 e. The summed E-state index contributed by atoms with van der Waals surface area (Å²) >= 11 is 0. The van der Waals surface area contributed by atoms with Crippen molar-refractivity contribution in [2.75, 3.05) is 13.1 Å². The Balaban J connectivity index is 1.56. The van der Waals surface area contributed by atoms with Crippen LogP contribution in [0.5, 0.6) is 0 Å². The summed E-state index contributed by atoms with van der Waals surface area (Å²) in [6.07, 6.45) is -5.01. The summed E-state index contributed by atoms with van der Waals surface area (Å²) in [5.74, 6) is -0.318. The minimum Gasteiger partial charge on any atom is -0.373 e. The van der Waals surface area contributed by atoms with Gasteiger partial charge in [0, 0.05) is 19.0 Å². The fourth-order valence-electron chi connectivity index (χ4n) is 4.36. The fraction of sp³-hybridized carbons (Fsp3) is 0.360. The van der Waals surface area contributed by atoms with Gasteiger partial charge in [0.25, 0.3) is 6.33 Å². The number of aromatic nitrogens is 2. The van der Waals surface area contributed by atoms with Gasteiger partial charge in [-0.15, -0.1) is 0 Å². The molecule has 0 bridgehead atoms. The van der Waals surface area contributed by atoms with Crippen LogP contribution in [0.3, 0.4) is 0 Å². The van der Waals surface area contributed by atoms with Gasteiger partial charge < -0.3 is 9.64 Å². The summed E-state index contributed by atoms with van der Waals surface area (Å²) in [7, 11) is 1.79. The molecule has 1 fully saturated rings. The molecule has 0 radical (unpaired) electrons. The van der Waals surface area contributed by atoms with Crippen LogP contribution < -0.4 is 4.57 Å². The number of alkyl halides is 6. The number of carbonyl (C=O) groups is 1. The third kappa shape index (κ3) is 5.89. The van der Waals surface area contributed by atoms with Crippen molar-refractivity contribution in [3.8, 4) is 0 Å². The van der Waals surface area contributed by atoms with Crippen LogP contribution in [0.1, 0.15) is 34.6 Å². The summed E-state index contributed by atoms with van der Waals surface area (Å²) in [4.78, 5) is 14.6. The second-order valence-corrected chi connectivity index (χ2v) is 8.78. The molecule has 2 heterocycles. The molecule has 0 N–H and O–H groups in total. The number of benzene rings is 2. The highest BCUT2D eigenvalue weighted by Gasteiger charge is 2.38. The van der Waals surface area contributed by atoms with Crippen molar-refractivity contribution < 1.29 is 40.4 Å². The van der Waals surface area contributed by atoms with E-state index in [1.54, 1.807) is 35.2 Å². The van der Waals surface area contributed by atoms with Crippen LogP contribution in [0.4, 0.5) is 31.1 Å². The van der Waals surface area contributed by atoms with E-state index in [0.29, 0.717) is 25.1 Å². The zero-order valence-electron chi connectivity index (χ0n) is 19.3. The number of amides is 1. The van der Waals surface area contributed by atoms with Gasteiger partial charge in [0.15, 0.2) is 0 Å². The van der Waals surface area contributed by atoms with Crippen molar-refractivity contribution >= 4 is 6.03 Å². The van der Waals surface area contributed by atoms with Crippen LogP contribution in [-0.4, -0.2) is 34.7 Å². The predicted molar refractivity (Wildman–Crippen MR) is 117 cm³/mol. The molecule has 0 spiro atoms. The minimum atomic E-state index is -4.93.